The molecule has 0 amide bonds. The zero-order chi connectivity index (χ0) is 13.9. The highest BCUT2D eigenvalue weighted by Crippen LogP contribution is 2.31. The number of aromatic nitrogens is 1. The maximum absolute atomic E-state index is 4.54. The Kier molecular flexibility index (Phi) is 4.46. The third-order valence-corrected chi connectivity index (χ3v) is 3.97. The molecule has 19 heavy (non-hydrogen) atoms. The molecule has 0 unspecified atom stereocenters. The molecular formula is C16H27N3. The maximum atomic E-state index is 4.54. The standard InChI is InChI=1S/C16H27N3/c1-13(2)18-12-14-5-8-17-15(11-14)19-9-6-16(3,4)7-10-19/h5,8,11,13,18H,6-7,9-10,12H2,1-4H3. The van der Waals surface area contributed by atoms with Gasteiger partial charge in [-0.2, -0.15) is 0 Å². The second kappa shape index (κ2) is 5.91. The van der Waals surface area contributed by atoms with Gasteiger partial charge in [-0.25, -0.2) is 4.98 Å². The van der Waals surface area contributed by atoms with E-state index in [2.05, 4.69) is 55.0 Å². The van der Waals surface area contributed by atoms with Crippen molar-refractivity contribution in [3.05, 3.63) is 23.9 Å². The van der Waals surface area contributed by atoms with E-state index in [1.54, 1.807) is 0 Å². The monoisotopic (exact) mass is 261 g/mol. The molecule has 0 saturated carbocycles. The molecule has 3 nitrogen and oxygen atoms in total. The predicted octanol–water partition coefficient (Wildman–Crippen LogP) is 3.21. The van der Waals surface area contributed by atoms with E-state index in [9.17, 15) is 0 Å². The normalized spacial score (nSPS) is 18.9. The van der Waals surface area contributed by atoms with Gasteiger partial charge in [0.05, 0.1) is 0 Å². The quantitative estimate of drug-likeness (QED) is 0.902. The van der Waals surface area contributed by atoms with Gasteiger partial charge in [0.1, 0.15) is 5.82 Å². The molecule has 2 rings (SSSR count). The largest absolute Gasteiger partial charge is 0.357 e. The van der Waals surface area contributed by atoms with Gasteiger partial charge >= 0.3 is 0 Å². The van der Waals surface area contributed by atoms with Gasteiger partial charge in [0.2, 0.25) is 0 Å². The van der Waals surface area contributed by atoms with Crippen molar-refractivity contribution in [1.29, 1.82) is 0 Å². The molecule has 1 aromatic rings. The second-order valence-corrected chi connectivity index (χ2v) is 6.71. The first kappa shape index (κ1) is 14.3. The first-order chi connectivity index (χ1) is 8.96. The van der Waals surface area contributed by atoms with E-state index >= 15 is 0 Å². The van der Waals surface area contributed by atoms with Crippen molar-refractivity contribution in [2.75, 3.05) is 18.0 Å². The van der Waals surface area contributed by atoms with Crippen LogP contribution in [0.5, 0.6) is 0 Å². The Morgan fingerprint density at radius 1 is 1.32 bits per heavy atom. The van der Waals surface area contributed by atoms with Gasteiger partial charge in [0.15, 0.2) is 0 Å². The molecule has 1 aromatic heterocycles. The number of hydrogen-bond acceptors (Lipinski definition) is 3. The van der Waals surface area contributed by atoms with E-state index < -0.39 is 0 Å². The minimum Gasteiger partial charge on any atom is -0.357 e. The summed E-state index contributed by atoms with van der Waals surface area (Å²) in [6, 6.07) is 4.85. The highest BCUT2D eigenvalue weighted by molar-refractivity contribution is 5.41. The molecule has 3 heteroatoms. The highest BCUT2D eigenvalue weighted by Gasteiger charge is 2.25. The van der Waals surface area contributed by atoms with Crippen LogP contribution in [0, 0.1) is 5.41 Å². The Morgan fingerprint density at radius 2 is 2.00 bits per heavy atom. The minimum atomic E-state index is 0.493. The minimum absolute atomic E-state index is 0.493. The van der Waals surface area contributed by atoms with Gasteiger partial charge in [0, 0.05) is 31.9 Å². The molecule has 0 aromatic carbocycles. The van der Waals surface area contributed by atoms with Crippen LogP contribution in [-0.2, 0) is 6.54 Å². The molecular weight excluding hydrogens is 234 g/mol. The second-order valence-electron chi connectivity index (χ2n) is 6.71. The molecule has 1 fully saturated rings. The van der Waals surface area contributed by atoms with Crippen LogP contribution in [-0.4, -0.2) is 24.1 Å². The van der Waals surface area contributed by atoms with Crippen LogP contribution in [0.4, 0.5) is 5.82 Å². The highest BCUT2D eigenvalue weighted by atomic mass is 15.2. The van der Waals surface area contributed by atoms with Gasteiger partial charge in [-0.15, -0.1) is 0 Å². The van der Waals surface area contributed by atoms with Crippen LogP contribution >= 0.6 is 0 Å². The van der Waals surface area contributed by atoms with Crippen LogP contribution in [0.3, 0.4) is 0 Å². The van der Waals surface area contributed by atoms with E-state index in [1.165, 1.54) is 18.4 Å². The number of piperidine rings is 1. The van der Waals surface area contributed by atoms with Gasteiger partial charge in [-0.3, -0.25) is 0 Å². The molecule has 0 atom stereocenters. The van der Waals surface area contributed by atoms with Gasteiger partial charge in [0.25, 0.3) is 0 Å². The van der Waals surface area contributed by atoms with Crippen molar-refractivity contribution in [2.24, 2.45) is 5.41 Å². The van der Waals surface area contributed by atoms with Crippen molar-refractivity contribution in [3.63, 3.8) is 0 Å². The van der Waals surface area contributed by atoms with Crippen molar-refractivity contribution in [3.8, 4) is 0 Å². The van der Waals surface area contributed by atoms with Crippen molar-refractivity contribution >= 4 is 5.82 Å². The summed E-state index contributed by atoms with van der Waals surface area (Å²) in [4.78, 5) is 6.96. The summed E-state index contributed by atoms with van der Waals surface area (Å²) in [6.45, 7) is 12.2. The lowest BCUT2D eigenvalue weighted by Crippen LogP contribution is -2.37. The first-order valence-corrected chi connectivity index (χ1v) is 7.39. The van der Waals surface area contributed by atoms with E-state index in [4.69, 9.17) is 0 Å². The lowest BCUT2D eigenvalue weighted by Gasteiger charge is -2.37. The fraction of sp³-hybridized carbons (Fsp3) is 0.688. The van der Waals surface area contributed by atoms with Crippen LogP contribution in [0.25, 0.3) is 0 Å². The van der Waals surface area contributed by atoms with Gasteiger partial charge < -0.3 is 10.2 Å². The summed E-state index contributed by atoms with van der Waals surface area (Å²) in [5, 5.41) is 3.46. The zero-order valence-electron chi connectivity index (χ0n) is 12.7. The Bertz CT molecular complexity index is 402. The van der Waals surface area contributed by atoms with Crippen LogP contribution < -0.4 is 10.2 Å². The molecule has 0 radical (unpaired) electrons. The summed E-state index contributed by atoms with van der Waals surface area (Å²) in [7, 11) is 0. The summed E-state index contributed by atoms with van der Waals surface area (Å²) in [5.41, 5.74) is 1.82. The SMILES string of the molecule is CC(C)NCc1ccnc(N2CCC(C)(C)CC2)c1. The van der Waals surface area contributed by atoms with E-state index in [0.29, 0.717) is 11.5 Å². The summed E-state index contributed by atoms with van der Waals surface area (Å²) < 4.78 is 0. The fourth-order valence-electron chi connectivity index (χ4n) is 2.41. The molecule has 1 saturated heterocycles. The molecule has 0 bridgehead atoms. The average Bonchev–Trinajstić information content (AvgIpc) is 2.37. The molecule has 0 spiro atoms. The zero-order valence-corrected chi connectivity index (χ0v) is 12.7. The summed E-state index contributed by atoms with van der Waals surface area (Å²) >= 11 is 0. The smallest absolute Gasteiger partial charge is 0.128 e. The summed E-state index contributed by atoms with van der Waals surface area (Å²) in [6.07, 6.45) is 4.44. The van der Waals surface area contributed by atoms with Gasteiger partial charge in [-0.05, 0) is 36.0 Å². The van der Waals surface area contributed by atoms with Crippen LogP contribution in [0.2, 0.25) is 0 Å². The Morgan fingerprint density at radius 3 is 2.63 bits per heavy atom. The van der Waals surface area contributed by atoms with Crippen molar-refractivity contribution < 1.29 is 0 Å². The Hall–Kier alpha value is -1.09. The predicted molar refractivity (Wildman–Crippen MR) is 81.4 cm³/mol. The average molecular weight is 261 g/mol. The number of anilines is 1. The number of rotatable bonds is 4. The molecule has 1 aliphatic heterocycles. The topological polar surface area (TPSA) is 28.2 Å². The molecule has 0 aliphatic carbocycles. The van der Waals surface area contributed by atoms with Crippen LogP contribution in [0.1, 0.15) is 46.1 Å². The summed E-state index contributed by atoms with van der Waals surface area (Å²) in [5.74, 6) is 1.14. The van der Waals surface area contributed by atoms with Crippen molar-refractivity contribution in [1.82, 2.24) is 10.3 Å². The first-order valence-electron chi connectivity index (χ1n) is 7.39. The lowest BCUT2D eigenvalue weighted by atomic mass is 9.83. The Balaban J connectivity index is 1.99. The number of nitrogens with zero attached hydrogens (tertiary/aromatic N) is 2. The molecule has 106 valence electrons. The third kappa shape index (κ3) is 4.20. The van der Waals surface area contributed by atoms with Crippen LogP contribution in [0.15, 0.2) is 18.3 Å². The third-order valence-electron chi connectivity index (χ3n) is 3.97. The Labute approximate surface area is 117 Å². The molecule has 1 N–H and O–H groups in total. The maximum Gasteiger partial charge on any atom is 0.128 e. The van der Waals surface area contributed by atoms with E-state index in [0.717, 1.165) is 25.5 Å². The van der Waals surface area contributed by atoms with E-state index in [1.807, 2.05) is 6.20 Å². The lowest BCUT2D eigenvalue weighted by molar-refractivity contribution is 0.279. The van der Waals surface area contributed by atoms with Gasteiger partial charge in [-0.1, -0.05) is 27.7 Å². The number of nitrogens with one attached hydrogen (secondary N) is 1. The van der Waals surface area contributed by atoms with Crippen molar-refractivity contribution in [2.45, 2.75) is 53.1 Å². The molecule has 2 heterocycles. The fourth-order valence-corrected chi connectivity index (χ4v) is 2.41. The number of pyridine rings is 1. The molecule has 1 aliphatic rings. The van der Waals surface area contributed by atoms with E-state index in [-0.39, 0.29) is 0 Å². The number of hydrogen-bond donors (Lipinski definition) is 1.